The van der Waals surface area contributed by atoms with Crippen molar-refractivity contribution in [2.75, 3.05) is 0 Å². The highest BCUT2D eigenvalue weighted by molar-refractivity contribution is 6.62. The van der Waals surface area contributed by atoms with Crippen LogP contribution in [0.3, 0.4) is 0 Å². The Hall–Kier alpha value is 0.624. The molecule has 1 aliphatic heterocycles. The van der Waals surface area contributed by atoms with Crippen LogP contribution >= 0.6 is 0 Å². The standard InChI is InChI=1S/C2H12O5Si5/c1-2-12-6-10-4-8-3-9-5-11-7-12/h2,12H,1,8-11H2. The molecule has 0 radical (unpaired) electrons. The molecule has 12 heavy (non-hydrogen) atoms. The lowest BCUT2D eigenvalue weighted by atomic mass is 11.3. The summed E-state index contributed by atoms with van der Waals surface area (Å²) in [5.41, 5.74) is 1.76. The van der Waals surface area contributed by atoms with Crippen molar-refractivity contribution in [1.82, 2.24) is 0 Å². The van der Waals surface area contributed by atoms with Gasteiger partial charge >= 0.3 is 9.28 Å². The lowest BCUT2D eigenvalue weighted by molar-refractivity contribution is 0.339. The van der Waals surface area contributed by atoms with Crippen LogP contribution in [0.25, 0.3) is 0 Å². The van der Waals surface area contributed by atoms with Gasteiger partial charge in [-0.2, -0.15) is 0 Å². The highest BCUT2D eigenvalue weighted by Gasteiger charge is 2.09. The molecule has 0 spiro atoms. The third-order valence-electron chi connectivity index (χ3n) is 1.16. The minimum atomic E-state index is -1.60. The molecule has 70 valence electrons. The molecule has 0 amide bonds. The Kier molecular flexibility index (Phi) is 6.31. The topological polar surface area (TPSA) is 46.2 Å². The summed E-state index contributed by atoms with van der Waals surface area (Å²) >= 11 is 0. The maximum atomic E-state index is 5.41. The third-order valence-corrected chi connectivity index (χ3v) is 9.26. The molecule has 10 heteroatoms. The lowest BCUT2D eigenvalue weighted by Crippen LogP contribution is -2.30. The second-order valence-electron chi connectivity index (χ2n) is 2.02. The van der Waals surface area contributed by atoms with Crippen LogP contribution in [0.5, 0.6) is 0 Å². The molecule has 0 aliphatic carbocycles. The van der Waals surface area contributed by atoms with Crippen molar-refractivity contribution in [2.24, 2.45) is 0 Å². The minimum absolute atomic E-state index is 0.788. The smallest absolute Gasteiger partial charge is 0.329 e. The Balaban J connectivity index is 2.21. The Labute approximate surface area is 82.5 Å². The number of rotatable bonds is 1. The van der Waals surface area contributed by atoms with E-state index < -0.39 is 49.3 Å². The fourth-order valence-electron chi connectivity index (χ4n) is 0.634. The lowest BCUT2D eigenvalue weighted by Gasteiger charge is -2.16. The summed E-state index contributed by atoms with van der Waals surface area (Å²) in [6.45, 7) is 3.65. The van der Waals surface area contributed by atoms with Crippen LogP contribution in [0.2, 0.25) is 0 Å². The highest BCUT2D eigenvalue weighted by Crippen LogP contribution is 1.90. The highest BCUT2D eigenvalue weighted by atomic mass is 28.4. The third kappa shape index (κ3) is 4.60. The van der Waals surface area contributed by atoms with Crippen LogP contribution in [0.15, 0.2) is 12.3 Å². The van der Waals surface area contributed by atoms with E-state index in [1.54, 1.807) is 5.70 Å². The molecular formula is C2H12O5Si5. The predicted molar refractivity (Wildman–Crippen MR) is 56.9 cm³/mol. The normalized spacial score (nSPS) is 35.8. The van der Waals surface area contributed by atoms with Gasteiger partial charge in [0.2, 0.25) is 0 Å². The second kappa shape index (κ2) is 7.07. The molecule has 0 atom stereocenters. The van der Waals surface area contributed by atoms with Gasteiger partial charge in [-0.05, 0) is 0 Å². The van der Waals surface area contributed by atoms with E-state index in [1.807, 2.05) is 0 Å². The summed E-state index contributed by atoms with van der Waals surface area (Å²) in [6.07, 6.45) is 0. The molecule has 0 aromatic rings. The van der Waals surface area contributed by atoms with Gasteiger partial charge in [0.25, 0.3) is 40.0 Å². The summed E-state index contributed by atoms with van der Waals surface area (Å²) in [5.74, 6) is 0. The van der Waals surface area contributed by atoms with Gasteiger partial charge in [-0.25, -0.2) is 0 Å². The van der Waals surface area contributed by atoms with Gasteiger partial charge in [-0.15, -0.1) is 6.58 Å². The molecule has 0 saturated carbocycles. The Morgan fingerprint density at radius 3 is 1.92 bits per heavy atom. The average molecular weight is 257 g/mol. The van der Waals surface area contributed by atoms with Crippen molar-refractivity contribution < 1.29 is 20.6 Å². The first kappa shape index (κ1) is 10.7. The quantitative estimate of drug-likeness (QED) is 0.448. The molecule has 1 aliphatic rings. The van der Waals surface area contributed by atoms with Crippen LogP contribution in [0.4, 0.5) is 0 Å². The molecule has 1 saturated heterocycles. The average Bonchev–Trinajstić information content (AvgIpc) is 2.14. The molecule has 0 N–H and O–H groups in total. The second-order valence-corrected chi connectivity index (χ2v) is 11.7. The van der Waals surface area contributed by atoms with Crippen molar-refractivity contribution >= 4 is 49.3 Å². The summed E-state index contributed by atoms with van der Waals surface area (Å²) < 4.78 is 26.5. The van der Waals surface area contributed by atoms with Crippen molar-refractivity contribution in [3.05, 3.63) is 12.3 Å². The zero-order valence-electron chi connectivity index (χ0n) is 6.73. The van der Waals surface area contributed by atoms with Crippen LogP contribution in [-0.4, -0.2) is 49.3 Å². The fourth-order valence-corrected chi connectivity index (χ4v) is 10.4. The number of hydrogen-bond donors (Lipinski definition) is 0. The maximum Gasteiger partial charge on any atom is 0.329 e. The molecule has 0 unspecified atom stereocenters. The van der Waals surface area contributed by atoms with Gasteiger partial charge in [0.1, 0.15) is 0 Å². The van der Waals surface area contributed by atoms with E-state index in [2.05, 4.69) is 6.58 Å². The van der Waals surface area contributed by atoms with E-state index in [9.17, 15) is 0 Å². The zero-order chi connectivity index (χ0) is 8.65. The zero-order valence-corrected chi connectivity index (χ0v) is 13.5. The Bertz CT molecular complexity index is 123. The number of hydrogen-bond acceptors (Lipinski definition) is 5. The van der Waals surface area contributed by atoms with Gasteiger partial charge in [0.15, 0.2) is 0 Å². The monoisotopic (exact) mass is 256 g/mol. The summed E-state index contributed by atoms with van der Waals surface area (Å²) in [5, 5.41) is 0. The SMILES string of the molecule is C=C[SiH]1O[SiH2]O[SiH2]O[SiH2]O[SiH2]O1. The predicted octanol–water partition coefficient (Wildman–Crippen LogP) is -3.98. The van der Waals surface area contributed by atoms with Crippen LogP contribution in [-0.2, 0) is 20.6 Å². The molecular weight excluding hydrogens is 244 g/mol. The van der Waals surface area contributed by atoms with Gasteiger partial charge in [0.05, 0.1) is 0 Å². The van der Waals surface area contributed by atoms with Gasteiger partial charge < -0.3 is 20.6 Å². The van der Waals surface area contributed by atoms with E-state index in [-0.39, 0.29) is 0 Å². The minimum Gasteiger partial charge on any atom is -0.425 e. The van der Waals surface area contributed by atoms with Gasteiger partial charge in [-0.1, -0.05) is 5.70 Å². The van der Waals surface area contributed by atoms with E-state index in [0.717, 1.165) is 0 Å². The van der Waals surface area contributed by atoms with Crippen LogP contribution < -0.4 is 0 Å². The molecule has 0 bridgehead atoms. The van der Waals surface area contributed by atoms with Crippen LogP contribution in [0, 0.1) is 0 Å². The first-order valence-corrected chi connectivity index (χ1v) is 9.75. The molecule has 5 nitrogen and oxygen atoms in total. The summed E-state index contributed by atoms with van der Waals surface area (Å²) in [4.78, 5) is 0. The van der Waals surface area contributed by atoms with Crippen molar-refractivity contribution in [2.45, 2.75) is 0 Å². The molecule has 1 rings (SSSR count). The molecule has 1 fully saturated rings. The van der Waals surface area contributed by atoms with Crippen molar-refractivity contribution in [1.29, 1.82) is 0 Å². The van der Waals surface area contributed by atoms with E-state index >= 15 is 0 Å². The molecule has 1 heterocycles. The Morgan fingerprint density at radius 2 is 1.42 bits per heavy atom. The molecule has 0 aromatic heterocycles. The van der Waals surface area contributed by atoms with Crippen LogP contribution in [0.1, 0.15) is 0 Å². The van der Waals surface area contributed by atoms with Crippen molar-refractivity contribution in [3.8, 4) is 0 Å². The van der Waals surface area contributed by atoms with Gasteiger partial charge in [0, 0.05) is 0 Å². The van der Waals surface area contributed by atoms with E-state index in [1.165, 1.54) is 0 Å². The first-order valence-electron chi connectivity index (χ1n) is 3.52. The first-order chi connectivity index (χ1) is 5.93. The summed E-state index contributed by atoms with van der Waals surface area (Å²) in [7, 11) is -4.89. The Morgan fingerprint density at radius 1 is 0.917 bits per heavy atom. The summed E-state index contributed by atoms with van der Waals surface area (Å²) in [6, 6.07) is 0. The van der Waals surface area contributed by atoms with E-state index in [0.29, 0.717) is 0 Å². The van der Waals surface area contributed by atoms with Gasteiger partial charge in [-0.3, -0.25) is 0 Å². The largest absolute Gasteiger partial charge is 0.425 e. The van der Waals surface area contributed by atoms with E-state index in [4.69, 9.17) is 20.6 Å². The van der Waals surface area contributed by atoms with Crippen molar-refractivity contribution in [3.63, 3.8) is 0 Å². The fraction of sp³-hybridized carbons (Fsp3) is 0. The molecule has 0 aromatic carbocycles. The maximum absolute atomic E-state index is 5.41.